The fraction of sp³-hybridized carbons (Fsp3) is 0.250. The maximum Gasteiger partial charge on any atom is 0.322 e. The van der Waals surface area contributed by atoms with E-state index in [0.717, 1.165) is 19.1 Å². The van der Waals surface area contributed by atoms with Crippen LogP contribution in [0.15, 0.2) is 57.8 Å². The van der Waals surface area contributed by atoms with Crippen molar-refractivity contribution in [3.63, 3.8) is 0 Å². The van der Waals surface area contributed by atoms with Gasteiger partial charge in [-0.05, 0) is 48.9 Å². The van der Waals surface area contributed by atoms with Gasteiger partial charge in [-0.25, -0.2) is 8.42 Å². The number of nitrogens with zero attached hydrogens (tertiary/aromatic N) is 2. The molecule has 0 aliphatic carbocycles. The summed E-state index contributed by atoms with van der Waals surface area (Å²) in [4.78, 5) is 12.6. The van der Waals surface area contributed by atoms with Crippen molar-refractivity contribution in [2.45, 2.75) is 24.7 Å². The highest BCUT2D eigenvalue weighted by molar-refractivity contribution is 7.90. The third-order valence-electron chi connectivity index (χ3n) is 4.04. The summed E-state index contributed by atoms with van der Waals surface area (Å²) in [7, 11) is -3.29. The molecule has 29 heavy (non-hydrogen) atoms. The van der Waals surface area contributed by atoms with Crippen molar-refractivity contribution >= 4 is 21.8 Å². The number of carbonyl (C=O) groups is 1. The SMILES string of the molecule is CCCCOc1cccc(C(=O)Nc2nnc(-c3ccc(S(C)(=O)=O)cc3)o2)c1. The van der Waals surface area contributed by atoms with E-state index >= 15 is 0 Å². The highest BCUT2D eigenvalue weighted by atomic mass is 32.2. The molecule has 0 fully saturated rings. The minimum absolute atomic E-state index is 0.0607. The molecule has 1 aromatic heterocycles. The Morgan fingerprint density at radius 2 is 1.90 bits per heavy atom. The van der Waals surface area contributed by atoms with Gasteiger partial charge in [0.05, 0.1) is 11.5 Å². The molecule has 0 unspecified atom stereocenters. The largest absolute Gasteiger partial charge is 0.494 e. The summed E-state index contributed by atoms with van der Waals surface area (Å²) in [5, 5.41) is 10.2. The topological polar surface area (TPSA) is 111 Å². The number of rotatable bonds is 8. The number of aromatic nitrogens is 2. The molecule has 3 rings (SSSR count). The third kappa shape index (κ3) is 5.41. The third-order valence-corrected chi connectivity index (χ3v) is 5.17. The molecule has 0 aliphatic heterocycles. The number of ether oxygens (including phenoxy) is 1. The van der Waals surface area contributed by atoms with E-state index in [0.29, 0.717) is 23.5 Å². The van der Waals surface area contributed by atoms with Gasteiger partial charge in [-0.1, -0.05) is 24.5 Å². The maximum absolute atomic E-state index is 12.4. The molecule has 0 spiro atoms. The van der Waals surface area contributed by atoms with Crippen LogP contribution in [0.4, 0.5) is 6.01 Å². The second-order valence-corrected chi connectivity index (χ2v) is 8.41. The van der Waals surface area contributed by atoms with E-state index in [4.69, 9.17) is 9.15 Å². The molecule has 0 atom stereocenters. The number of hydrogen-bond donors (Lipinski definition) is 1. The van der Waals surface area contributed by atoms with Gasteiger partial charge in [0.25, 0.3) is 5.91 Å². The van der Waals surface area contributed by atoms with Crippen LogP contribution in [-0.2, 0) is 9.84 Å². The van der Waals surface area contributed by atoms with Crippen molar-refractivity contribution in [3.05, 3.63) is 54.1 Å². The molecule has 152 valence electrons. The number of anilines is 1. The molecule has 9 heteroatoms. The van der Waals surface area contributed by atoms with Crippen molar-refractivity contribution in [2.24, 2.45) is 0 Å². The first-order chi connectivity index (χ1) is 13.9. The van der Waals surface area contributed by atoms with Gasteiger partial charge in [0.1, 0.15) is 5.75 Å². The summed E-state index contributed by atoms with van der Waals surface area (Å²) in [6.07, 6.45) is 3.09. The van der Waals surface area contributed by atoms with E-state index in [9.17, 15) is 13.2 Å². The van der Waals surface area contributed by atoms with Gasteiger partial charge in [-0.15, -0.1) is 5.10 Å². The lowest BCUT2D eigenvalue weighted by molar-refractivity contribution is 0.102. The number of amides is 1. The Kier molecular flexibility index (Phi) is 6.28. The fourth-order valence-electron chi connectivity index (χ4n) is 2.47. The number of unbranched alkanes of at least 4 members (excludes halogenated alkanes) is 1. The van der Waals surface area contributed by atoms with Crippen LogP contribution < -0.4 is 10.1 Å². The zero-order chi connectivity index (χ0) is 20.9. The Bertz CT molecular complexity index is 1090. The number of sulfone groups is 1. The number of benzene rings is 2. The molecule has 1 heterocycles. The van der Waals surface area contributed by atoms with Crippen molar-refractivity contribution in [1.29, 1.82) is 0 Å². The fourth-order valence-corrected chi connectivity index (χ4v) is 3.10. The van der Waals surface area contributed by atoms with Gasteiger partial charge >= 0.3 is 6.01 Å². The predicted molar refractivity (Wildman–Crippen MR) is 108 cm³/mol. The Hall–Kier alpha value is -3.20. The Morgan fingerprint density at radius 3 is 2.59 bits per heavy atom. The standard InChI is InChI=1S/C20H21N3O5S/c1-3-4-12-27-16-7-5-6-15(13-16)18(24)21-20-23-22-19(28-20)14-8-10-17(11-9-14)29(2,25)26/h5-11,13H,3-4,12H2,1-2H3,(H,21,23,24). The average Bonchev–Trinajstić information content (AvgIpc) is 3.16. The van der Waals surface area contributed by atoms with Gasteiger partial charge in [0.2, 0.25) is 5.89 Å². The normalized spacial score (nSPS) is 11.2. The van der Waals surface area contributed by atoms with E-state index in [1.807, 2.05) is 0 Å². The highest BCUT2D eigenvalue weighted by Crippen LogP contribution is 2.22. The van der Waals surface area contributed by atoms with Crippen LogP contribution >= 0.6 is 0 Å². The summed E-state index contributed by atoms with van der Waals surface area (Å²) in [5.41, 5.74) is 0.938. The molecule has 8 nitrogen and oxygen atoms in total. The first-order valence-electron chi connectivity index (χ1n) is 9.05. The number of hydrogen-bond acceptors (Lipinski definition) is 7. The van der Waals surface area contributed by atoms with Crippen LogP contribution in [0.5, 0.6) is 5.75 Å². The smallest absolute Gasteiger partial charge is 0.322 e. The molecule has 1 N–H and O–H groups in total. The van der Waals surface area contributed by atoms with Crippen molar-refractivity contribution in [2.75, 3.05) is 18.2 Å². The molecule has 0 radical (unpaired) electrons. The van der Waals surface area contributed by atoms with E-state index in [-0.39, 0.29) is 16.8 Å². The second kappa shape index (κ2) is 8.87. The highest BCUT2D eigenvalue weighted by Gasteiger charge is 2.14. The monoisotopic (exact) mass is 415 g/mol. The van der Waals surface area contributed by atoms with E-state index < -0.39 is 15.7 Å². The number of carbonyl (C=O) groups excluding carboxylic acids is 1. The number of nitrogens with one attached hydrogen (secondary N) is 1. The van der Waals surface area contributed by atoms with Crippen molar-refractivity contribution in [1.82, 2.24) is 10.2 Å². The lowest BCUT2D eigenvalue weighted by Gasteiger charge is -2.07. The average molecular weight is 415 g/mol. The predicted octanol–water partition coefficient (Wildman–Crippen LogP) is 3.57. The summed E-state index contributed by atoms with van der Waals surface area (Å²) in [5.74, 6) is 0.369. The summed E-state index contributed by atoms with van der Waals surface area (Å²) < 4.78 is 34.1. The molecule has 0 aliphatic rings. The lowest BCUT2D eigenvalue weighted by atomic mass is 10.2. The van der Waals surface area contributed by atoms with Gasteiger partial charge < -0.3 is 9.15 Å². The van der Waals surface area contributed by atoms with Crippen LogP contribution in [0.25, 0.3) is 11.5 Å². The van der Waals surface area contributed by atoms with Crippen LogP contribution in [0.3, 0.4) is 0 Å². The van der Waals surface area contributed by atoms with Crippen molar-refractivity contribution in [3.8, 4) is 17.2 Å². The van der Waals surface area contributed by atoms with E-state index in [2.05, 4.69) is 22.4 Å². The van der Waals surface area contributed by atoms with Gasteiger partial charge in [-0.2, -0.15) is 0 Å². The Balaban J connectivity index is 1.68. The Morgan fingerprint density at radius 1 is 1.14 bits per heavy atom. The molecule has 1 amide bonds. The first-order valence-corrected chi connectivity index (χ1v) is 10.9. The summed E-state index contributed by atoms with van der Waals surface area (Å²) in [6.45, 7) is 2.67. The van der Waals surface area contributed by atoms with Crippen LogP contribution in [-0.4, -0.2) is 37.4 Å². The maximum atomic E-state index is 12.4. The van der Waals surface area contributed by atoms with Crippen LogP contribution in [0.2, 0.25) is 0 Å². The summed E-state index contributed by atoms with van der Waals surface area (Å²) in [6, 6.07) is 12.8. The molecule has 2 aromatic carbocycles. The molecular weight excluding hydrogens is 394 g/mol. The zero-order valence-corrected chi connectivity index (χ0v) is 16.9. The quantitative estimate of drug-likeness (QED) is 0.560. The van der Waals surface area contributed by atoms with Crippen LogP contribution in [0.1, 0.15) is 30.1 Å². The Labute approximate surface area is 168 Å². The minimum atomic E-state index is -3.29. The molecule has 0 saturated heterocycles. The van der Waals surface area contributed by atoms with Crippen LogP contribution in [0, 0.1) is 0 Å². The van der Waals surface area contributed by atoms with E-state index in [1.165, 1.54) is 12.1 Å². The summed E-state index contributed by atoms with van der Waals surface area (Å²) >= 11 is 0. The van der Waals surface area contributed by atoms with Gasteiger partial charge in [-0.3, -0.25) is 10.1 Å². The minimum Gasteiger partial charge on any atom is -0.494 e. The van der Waals surface area contributed by atoms with E-state index in [1.54, 1.807) is 36.4 Å². The van der Waals surface area contributed by atoms with Crippen molar-refractivity contribution < 1.29 is 22.4 Å². The molecule has 0 bridgehead atoms. The zero-order valence-electron chi connectivity index (χ0n) is 16.1. The molecule has 0 saturated carbocycles. The molecular formula is C20H21N3O5S. The van der Waals surface area contributed by atoms with Gasteiger partial charge in [0, 0.05) is 17.4 Å². The second-order valence-electron chi connectivity index (χ2n) is 6.39. The first kappa shape index (κ1) is 20.5. The van der Waals surface area contributed by atoms with Gasteiger partial charge in [0.15, 0.2) is 9.84 Å². The lowest BCUT2D eigenvalue weighted by Crippen LogP contribution is -2.12. The molecule has 3 aromatic rings.